The molecule has 88 valence electrons. The summed E-state index contributed by atoms with van der Waals surface area (Å²) in [4.78, 5) is 0. The molecule has 0 atom stereocenters. The second kappa shape index (κ2) is 5.21. The largest absolute Gasteiger partial charge is 0.497 e. The van der Waals surface area contributed by atoms with E-state index in [-0.39, 0.29) is 0 Å². The van der Waals surface area contributed by atoms with Gasteiger partial charge in [-0.05, 0) is 41.0 Å². The van der Waals surface area contributed by atoms with Crippen LogP contribution in [0.5, 0.6) is 5.75 Å². The molecular formula is C14H14ClNO. The Balaban J connectivity index is 2.54. The SMILES string of the molecule is COc1cccc(-c2cc(Cl)ccc2CN)c1. The third-order valence-corrected chi connectivity index (χ3v) is 2.91. The zero-order valence-electron chi connectivity index (χ0n) is 9.61. The average molecular weight is 248 g/mol. The molecule has 0 aromatic heterocycles. The van der Waals surface area contributed by atoms with E-state index >= 15 is 0 Å². The first-order chi connectivity index (χ1) is 8.24. The van der Waals surface area contributed by atoms with Crippen LogP contribution in [0.25, 0.3) is 11.1 Å². The lowest BCUT2D eigenvalue weighted by Gasteiger charge is -2.10. The summed E-state index contributed by atoms with van der Waals surface area (Å²) in [5.74, 6) is 0.824. The Morgan fingerprint density at radius 2 is 2.00 bits per heavy atom. The Morgan fingerprint density at radius 1 is 1.18 bits per heavy atom. The van der Waals surface area contributed by atoms with E-state index in [1.54, 1.807) is 7.11 Å². The number of hydrogen-bond acceptors (Lipinski definition) is 2. The van der Waals surface area contributed by atoms with E-state index in [0.717, 1.165) is 22.4 Å². The minimum absolute atomic E-state index is 0.490. The van der Waals surface area contributed by atoms with Crippen LogP contribution in [-0.4, -0.2) is 7.11 Å². The molecule has 0 fully saturated rings. The quantitative estimate of drug-likeness (QED) is 0.901. The lowest BCUT2D eigenvalue weighted by Crippen LogP contribution is -1.98. The molecule has 2 rings (SSSR count). The molecule has 3 heteroatoms. The first-order valence-corrected chi connectivity index (χ1v) is 5.75. The molecule has 2 aromatic carbocycles. The molecule has 0 bridgehead atoms. The van der Waals surface area contributed by atoms with E-state index < -0.39 is 0 Å². The highest BCUT2D eigenvalue weighted by molar-refractivity contribution is 6.30. The van der Waals surface area contributed by atoms with Crippen molar-refractivity contribution in [2.24, 2.45) is 5.73 Å². The lowest BCUT2D eigenvalue weighted by atomic mass is 9.99. The topological polar surface area (TPSA) is 35.2 Å². The van der Waals surface area contributed by atoms with Crippen LogP contribution in [0.15, 0.2) is 42.5 Å². The van der Waals surface area contributed by atoms with E-state index in [1.165, 1.54) is 0 Å². The molecule has 0 heterocycles. The summed E-state index contributed by atoms with van der Waals surface area (Å²) < 4.78 is 5.22. The second-order valence-corrected chi connectivity index (χ2v) is 4.17. The molecule has 0 amide bonds. The number of hydrogen-bond donors (Lipinski definition) is 1. The fourth-order valence-electron chi connectivity index (χ4n) is 1.79. The van der Waals surface area contributed by atoms with Crippen LogP contribution < -0.4 is 10.5 Å². The summed E-state index contributed by atoms with van der Waals surface area (Å²) in [6.07, 6.45) is 0. The van der Waals surface area contributed by atoms with E-state index in [2.05, 4.69) is 0 Å². The van der Waals surface area contributed by atoms with Crippen LogP contribution in [0.3, 0.4) is 0 Å². The van der Waals surface area contributed by atoms with Crippen molar-refractivity contribution in [2.45, 2.75) is 6.54 Å². The monoisotopic (exact) mass is 247 g/mol. The van der Waals surface area contributed by atoms with Gasteiger partial charge in [0.25, 0.3) is 0 Å². The lowest BCUT2D eigenvalue weighted by molar-refractivity contribution is 0.415. The Hall–Kier alpha value is -1.51. The van der Waals surface area contributed by atoms with Gasteiger partial charge in [0.05, 0.1) is 7.11 Å². The molecule has 2 N–H and O–H groups in total. The van der Waals surface area contributed by atoms with Gasteiger partial charge in [-0.25, -0.2) is 0 Å². The Labute approximate surface area is 106 Å². The Morgan fingerprint density at radius 3 is 2.71 bits per heavy atom. The predicted octanol–water partition coefficient (Wildman–Crippen LogP) is 3.47. The van der Waals surface area contributed by atoms with Gasteiger partial charge in [-0.3, -0.25) is 0 Å². The van der Waals surface area contributed by atoms with Gasteiger partial charge in [-0.15, -0.1) is 0 Å². The summed E-state index contributed by atoms with van der Waals surface area (Å²) >= 11 is 6.03. The summed E-state index contributed by atoms with van der Waals surface area (Å²) in [6, 6.07) is 13.6. The molecule has 0 saturated carbocycles. The zero-order valence-corrected chi connectivity index (χ0v) is 10.4. The summed E-state index contributed by atoms with van der Waals surface area (Å²) in [6.45, 7) is 0.490. The fourth-order valence-corrected chi connectivity index (χ4v) is 1.96. The van der Waals surface area contributed by atoms with Crippen molar-refractivity contribution in [3.63, 3.8) is 0 Å². The Kier molecular flexibility index (Phi) is 3.67. The van der Waals surface area contributed by atoms with Gasteiger partial charge < -0.3 is 10.5 Å². The number of nitrogens with two attached hydrogens (primary N) is 1. The van der Waals surface area contributed by atoms with Crippen molar-refractivity contribution in [2.75, 3.05) is 7.11 Å². The van der Waals surface area contributed by atoms with Crippen LogP contribution >= 0.6 is 11.6 Å². The number of methoxy groups -OCH3 is 1. The van der Waals surface area contributed by atoms with Crippen LogP contribution in [0.4, 0.5) is 0 Å². The van der Waals surface area contributed by atoms with Crippen molar-refractivity contribution >= 4 is 11.6 Å². The van der Waals surface area contributed by atoms with Gasteiger partial charge in [0.15, 0.2) is 0 Å². The molecule has 0 aliphatic heterocycles. The highest BCUT2D eigenvalue weighted by Crippen LogP contribution is 2.29. The molecule has 17 heavy (non-hydrogen) atoms. The standard InChI is InChI=1S/C14H14ClNO/c1-17-13-4-2-3-10(7-13)14-8-12(15)6-5-11(14)9-16/h2-8H,9,16H2,1H3. The molecule has 0 spiro atoms. The maximum absolute atomic E-state index is 6.03. The zero-order chi connectivity index (χ0) is 12.3. The van der Waals surface area contributed by atoms with E-state index in [0.29, 0.717) is 11.6 Å². The summed E-state index contributed by atoms with van der Waals surface area (Å²) in [5.41, 5.74) is 8.92. The van der Waals surface area contributed by atoms with E-state index in [4.69, 9.17) is 22.1 Å². The third-order valence-electron chi connectivity index (χ3n) is 2.67. The molecule has 0 aliphatic carbocycles. The van der Waals surface area contributed by atoms with Crippen molar-refractivity contribution in [1.82, 2.24) is 0 Å². The summed E-state index contributed by atoms with van der Waals surface area (Å²) in [7, 11) is 1.65. The smallest absolute Gasteiger partial charge is 0.119 e. The highest BCUT2D eigenvalue weighted by Gasteiger charge is 2.05. The van der Waals surface area contributed by atoms with Gasteiger partial charge in [0.1, 0.15) is 5.75 Å². The molecule has 2 aromatic rings. The molecule has 0 aliphatic rings. The van der Waals surface area contributed by atoms with Crippen LogP contribution in [-0.2, 0) is 6.54 Å². The van der Waals surface area contributed by atoms with E-state index in [9.17, 15) is 0 Å². The summed E-state index contributed by atoms with van der Waals surface area (Å²) in [5, 5.41) is 0.708. The maximum atomic E-state index is 6.03. The second-order valence-electron chi connectivity index (χ2n) is 3.74. The average Bonchev–Trinajstić information content (AvgIpc) is 2.39. The van der Waals surface area contributed by atoms with Gasteiger partial charge in [0, 0.05) is 11.6 Å². The molecule has 2 nitrogen and oxygen atoms in total. The number of rotatable bonds is 3. The highest BCUT2D eigenvalue weighted by atomic mass is 35.5. The maximum Gasteiger partial charge on any atom is 0.119 e. The first kappa shape index (κ1) is 12.0. The number of benzene rings is 2. The first-order valence-electron chi connectivity index (χ1n) is 5.37. The predicted molar refractivity (Wildman–Crippen MR) is 71.3 cm³/mol. The van der Waals surface area contributed by atoms with Crippen LogP contribution in [0.1, 0.15) is 5.56 Å². The molecule has 0 radical (unpaired) electrons. The number of ether oxygens (including phenoxy) is 1. The van der Waals surface area contributed by atoms with Gasteiger partial charge in [-0.2, -0.15) is 0 Å². The normalized spacial score (nSPS) is 10.3. The number of halogens is 1. The Bertz CT molecular complexity index is 525. The van der Waals surface area contributed by atoms with Crippen molar-refractivity contribution in [1.29, 1.82) is 0 Å². The molecular weight excluding hydrogens is 234 g/mol. The minimum Gasteiger partial charge on any atom is -0.497 e. The van der Waals surface area contributed by atoms with Crippen molar-refractivity contribution in [3.8, 4) is 16.9 Å². The molecule has 0 unspecified atom stereocenters. The van der Waals surface area contributed by atoms with Gasteiger partial charge in [-0.1, -0.05) is 29.8 Å². The molecule has 0 saturated heterocycles. The minimum atomic E-state index is 0.490. The van der Waals surface area contributed by atoms with Gasteiger partial charge >= 0.3 is 0 Å². The van der Waals surface area contributed by atoms with Crippen molar-refractivity contribution < 1.29 is 4.74 Å². The van der Waals surface area contributed by atoms with Gasteiger partial charge in [0.2, 0.25) is 0 Å². The third kappa shape index (κ3) is 2.60. The van der Waals surface area contributed by atoms with Crippen molar-refractivity contribution in [3.05, 3.63) is 53.1 Å². The van der Waals surface area contributed by atoms with Crippen LogP contribution in [0, 0.1) is 0 Å². The van der Waals surface area contributed by atoms with E-state index in [1.807, 2.05) is 42.5 Å². The fraction of sp³-hybridized carbons (Fsp3) is 0.143. The van der Waals surface area contributed by atoms with Crippen LogP contribution in [0.2, 0.25) is 5.02 Å².